The van der Waals surface area contributed by atoms with E-state index >= 15 is 0 Å². The molecule has 0 fully saturated rings. The number of carbonyl (C=O) groups is 2. The molecule has 0 radical (unpaired) electrons. The molecular formula is C18H20N2O3. The van der Waals surface area contributed by atoms with Crippen LogP contribution in [0.25, 0.3) is 0 Å². The molecular weight excluding hydrogens is 292 g/mol. The lowest BCUT2D eigenvalue weighted by Crippen LogP contribution is -2.22. The predicted octanol–water partition coefficient (Wildman–Crippen LogP) is 4.26. The molecule has 3 N–H and O–H groups in total. The van der Waals surface area contributed by atoms with Gasteiger partial charge in [-0.25, -0.2) is 9.59 Å². The lowest BCUT2D eigenvalue weighted by molar-refractivity contribution is 0.0698. The Labute approximate surface area is 135 Å². The van der Waals surface area contributed by atoms with E-state index in [-0.39, 0.29) is 11.3 Å². The monoisotopic (exact) mass is 312 g/mol. The van der Waals surface area contributed by atoms with Crippen LogP contribution in [0.1, 0.15) is 32.6 Å². The van der Waals surface area contributed by atoms with Gasteiger partial charge in [0.05, 0.1) is 11.3 Å². The van der Waals surface area contributed by atoms with Crippen LogP contribution in [0.5, 0.6) is 0 Å². The summed E-state index contributed by atoms with van der Waals surface area (Å²) >= 11 is 0. The number of carboxylic acids is 1. The lowest BCUT2D eigenvalue weighted by atomic mass is 9.98. The number of amides is 2. The second-order valence-corrected chi connectivity index (χ2v) is 5.57. The number of aromatic carboxylic acids is 1. The van der Waals surface area contributed by atoms with Crippen molar-refractivity contribution in [1.82, 2.24) is 0 Å². The topological polar surface area (TPSA) is 78.4 Å². The van der Waals surface area contributed by atoms with Crippen LogP contribution in [-0.2, 0) is 0 Å². The Hall–Kier alpha value is -2.82. The van der Waals surface area contributed by atoms with Crippen LogP contribution in [0.15, 0.2) is 30.3 Å². The van der Waals surface area contributed by atoms with Crippen LogP contribution in [0.3, 0.4) is 0 Å². The van der Waals surface area contributed by atoms with Crippen molar-refractivity contribution in [2.45, 2.75) is 27.7 Å². The van der Waals surface area contributed by atoms with Gasteiger partial charge in [-0.15, -0.1) is 0 Å². The maximum Gasteiger partial charge on any atom is 0.337 e. The number of carboxylic acid groups (broad SMARTS) is 1. The SMILES string of the molecule is Cc1cc(C)c(NC(=O)Nc2ccccc2C(=O)O)c(C)c1C. The average Bonchev–Trinajstić information content (AvgIpc) is 2.50. The second-order valence-electron chi connectivity index (χ2n) is 5.57. The molecule has 2 aromatic rings. The summed E-state index contributed by atoms with van der Waals surface area (Å²) in [6.45, 7) is 7.92. The summed E-state index contributed by atoms with van der Waals surface area (Å²) in [6, 6.07) is 7.85. The fraction of sp³-hybridized carbons (Fsp3) is 0.222. The van der Waals surface area contributed by atoms with Gasteiger partial charge in [-0.1, -0.05) is 18.2 Å². The lowest BCUT2D eigenvalue weighted by Gasteiger charge is -2.16. The van der Waals surface area contributed by atoms with E-state index < -0.39 is 12.0 Å². The third kappa shape index (κ3) is 3.51. The Balaban J connectivity index is 2.25. The highest BCUT2D eigenvalue weighted by Gasteiger charge is 2.14. The van der Waals surface area contributed by atoms with Crippen LogP contribution in [0.4, 0.5) is 16.2 Å². The van der Waals surface area contributed by atoms with Gasteiger partial charge in [-0.2, -0.15) is 0 Å². The Morgan fingerprint density at radius 2 is 1.57 bits per heavy atom. The van der Waals surface area contributed by atoms with Crippen LogP contribution >= 0.6 is 0 Å². The van der Waals surface area contributed by atoms with Gasteiger partial charge >= 0.3 is 12.0 Å². The van der Waals surface area contributed by atoms with Gasteiger partial charge in [-0.05, 0) is 62.1 Å². The van der Waals surface area contributed by atoms with Crippen molar-refractivity contribution in [3.8, 4) is 0 Å². The van der Waals surface area contributed by atoms with Crippen molar-refractivity contribution in [3.63, 3.8) is 0 Å². The van der Waals surface area contributed by atoms with E-state index in [1.54, 1.807) is 18.2 Å². The number of rotatable bonds is 3. The minimum absolute atomic E-state index is 0.0520. The molecule has 0 aromatic heterocycles. The van der Waals surface area contributed by atoms with Gasteiger partial charge < -0.3 is 15.7 Å². The van der Waals surface area contributed by atoms with Crippen LogP contribution < -0.4 is 10.6 Å². The summed E-state index contributed by atoms with van der Waals surface area (Å²) in [6.07, 6.45) is 0. The summed E-state index contributed by atoms with van der Waals surface area (Å²) < 4.78 is 0. The zero-order valence-electron chi connectivity index (χ0n) is 13.7. The van der Waals surface area contributed by atoms with Crippen LogP contribution in [0.2, 0.25) is 0 Å². The number of nitrogens with one attached hydrogen (secondary N) is 2. The highest BCUT2D eigenvalue weighted by Crippen LogP contribution is 2.26. The molecule has 0 aliphatic heterocycles. The maximum atomic E-state index is 12.2. The summed E-state index contributed by atoms with van der Waals surface area (Å²) in [4.78, 5) is 23.4. The Morgan fingerprint density at radius 3 is 2.22 bits per heavy atom. The van der Waals surface area contributed by atoms with E-state index in [4.69, 9.17) is 5.11 Å². The molecule has 0 spiro atoms. The first kappa shape index (κ1) is 16.5. The summed E-state index contributed by atoms with van der Waals surface area (Å²) in [7, 11) is 0. The van der Waals surface area contributed by atoms with Gasteiger partial charge in [-0.3, -0.25) is 0 Å². The maximum absolute atomic E-state index is 12.2. The molecule has 120 valence electrons. The predicted molar refractivity (Wildman–Crippen MR) is 91.4 cm³/mol. The summed E-state index contributed by atoms with van der Waals surface area (Å²) in [5.74, 6) is -1.08. The molecule has 0 unspecified atom stereocenters. The molecule has 0 aliphatic rings. The number of benzene rings is 2. The van der Waals surface area contributed by atoms with Crippen LogP contribution in [0, 0.1) is 27.7 Å². The number of carbonyl (C=O) groups excluding carboxylic acids is 1. The molecule has 0 aliphatic carbocycles. The number of para-hydroxylation sites is 1. The third-order valence-electron chi connectivity index (χ3n) is 4.00. The Morgan fingerprint density at radius 1 is 0.913 bits per heavy atom. The molecule has 2 aromatic carbocycles. The quantitative estimate of drug-likeness (QED) is 0.792. The van der Waals surface area contributed by atoms with Crippen molar-refractivity contribution < 1.29 is 14.7 Å². The van der Waals surface area contributed by atoms with Gasteiger partial charge in [0, 0.05) is 5.69 Å². The van der Waals surface area contributed by atoms with E-state index in [0.29, 0.717) is 0 Å². The molecule has 2 rings (SSSR count). The average molecular weight is 312 g/mol. The first-order valence-electron chi connectivity index (χ1n) is 7.29. The van der Waals surface area contributed by atoms with Crippen molar-refractivity contribution in [2.24, 2.45) is 0 Å². The molecule has 0 saturated heterocycles. The molecule has 5 nitrogen and oxygen atoms in total. The first-order valence-corrected chi connectivity index (χ1v) is 7.29. The number of hydrogen-bond acceptors (Lipinski definition) is 2. The third-order valence-corrected chi connectivity index (χ3v) is 4.00. The first-order chi connectivity index (χ1) is 10.8. The van der Waals surface area contributed by atoms with Gasteiger partial charge in [0.1, 0.15) is 0 Å². The van der Waals surface area contributed by atoms with Crippen molar-refractivity contribution >= 4 is 23.4 Å². The van der Waals surface area contributed by atoms with Gasteiger partial charge in [0.15, 0.2) is 0 Å². The van der Waals surface area contributed by atoms with Crippen molar-refractivity contribution in [3.05, 3.63) is 58.1 Å². The zero-order chi connectivity index (χ0) is 17.1. The minimum atomic E-state index is -1.08. The number of urea groups is 1. The molecule has 0 saturated carbocycles. The Kier molecular flexibility index (Phi) is 4.69. The fourth-order valence-corrected chi connectivity index (χ4v) is 2.52. The summed E-state index contributed by atoms with van der Waals surface area (Å²) in [5, 5.41) is 14.6. The highest BCUT2D eigenvalue weighted by atomic mass is 16.4. The second kappa shape index (κ2) is 6.52. The molecule has 2 amide bonds. The zero-order valence-corrected chi connectivity index (χ0v) is 13.7. The smallest absolute Gasteiger partial charge is 0.337 e. The molecule has 0 heterocycles. The number of anilines is 2. The normalized spacial score (nSPS) is 10.3. The molecule has 23 heavy (non-hydrogen) atoms. The van der Waals surface area contributed by atoms with Crippen molar-refractivity contribution in [2.75, 3.05) is 10.6 Å². The van der Waals surface area contributed by atoms with Gasteiger partial charge in [0.25, 0.3) is 0 Å². The molecule has 5 heteroatoms. The van der Waals surface area contributed by atoms with E-state index in [1.807, 2.05) is 33.8 Å². The highest BCUT2D eigenvalue weighted by molar-refractivity contribution is 6.05. The fourth-order valence-electron chi connectivity index (χ4n) is 2.52. The number of hydrogen-bond donors (Lipinski definition) is 3. The van der Waals surface area contributed by atoms with E-state index in [0.717, 1.165) is 22.4 Å². The van der Waals surface area contributed by atoms with Crippen molar-refractivity contribution in [1.29, 1.82) is 0 Å². The Bertz CT molecular complexity index is 782. The van der Waals surface area contributed by atoms with Gasteiger partial charge in [0.2, 0.25) is 0 Å². The standard InChI is InChI=1S/C18H20N2O3/c1-10-9-11(2)16(13(4)12(10)3)20-18(23)19-15-8-6-5-7-14(15)17(21)22/h5-9H,1-4H3,(H,21,22)(H2,19,20,23). The number of aryl methyl sites for hydroxylation is 2. The minimum Gasteiger partial charge on any atom is -0.478 e. The van der Waals surface area contributed by atoms with E-state index in [2.05, 4.69) is 10.6 Å². The largest absolute Gasteiger partial charge is 0.478 e. The molecule has 0 bridgehead atoms. The summed E-state index contributed by atoms with van der Waals surface area (Å²) in [5.41, 5.74) is 5.32. The molecule has 0 atom stereocenters. The van der Waals surface area contributed by atoms with E-state index in [1.165, 1.54) is 11.6 Å². The van der Waals surface area contributed by atoms with E-state index in [9.17, 15) is 9.59 Å². The van der Waals surface area contributed by atoms with Crippen LogP contribution in [-0.4, -0.2) is 17.1 Å².